The van der Waals surface area contributed by atoms with Crippen molar-refractivity contribution in [2.45, 2.75) is 19.9 Å². The van der Waals surface area contributed by atoms with E-state index in [1.165, 1.54) is 26.2 Å². The fraction of sp³-hybridized carbons (Fsp3) is 0.438. The molecule has 0 aliphatic carbocycles. The van der Waals surface area contributed by atoms with E-state index in [0.717, 1.165) is 0 Å². The molecule has 1 aromatic carbocycles. The standard InChI is InChI=1S/C16H21N3O5/c1-6-14-17-15(24-18-14)9-19(2)16(20)10-7-12(22-4)13(23-5)8-11(10)21-3/h7-8H,6,9H2,1-5H3. The molecule has 0 fully saturated rings. The zero-order valence-electron chi connectivity index (χ0n) is 14.5. The normalized spacial score (nSPS) is 10.4. The van der Waals surface area contributed by atoms with E-state index in [9.17, 15) is 4.79 Å². The molecule has 1 amide bonds. The average molecular weight is 335 g/mol. The molecule has 0 atom stereocenters. The predicted molar refractivity (Wildman–Crippen MR) is 85.6 cm³/mol. The zero-order valence-corrected chi connectivity index (χ0v) is 14.5. The lowest BCUT2D eigenvalue weighted by Crippen LogP contribution is -2.27. The van der Waals surface area contributed by atoms with Gasteiger partial charge in [-0.05, 0) is 0 Å². The van der Waals surface area contributed by atoms with E-state index in [2.05, 4.69) is 10.1 Å². The summed E-state index contributed by atoms with van der Waals surface area (Å²) in [6, 6.07) is 3.20. The second kappa shape index (κ2) is 7.67. The molecule has 0 unspecified atom stereocenters. The molecule has 0 radical (unpaired) electrons. The van der Waals surface area contributed by atoms with Crippen molar-refractivity contribution in [1.82, 2.24) is 15.0 Å². The fourth-order valence-electron chi connectivity index (χ4n) is 2.17. The van der Waals surface area contributed by atoms with Crippen LogP contribution in [-0.2, 0) is 13.0 Å². The fourth-order valence-corrected chi connectivity index (χ4v) is 2.17. The molecule has 1 aromatic heterocycles. The first-order valence-electron chi connectivity index (χ1n) is 7.40. The van der Waals surface area contributed by atoms with Crippen LogP contribution >= 0.6 is 0 Å². The maximum atomic E-state index is 12.7. The second-order valence-electron chi connectivity index (χ2n) is 5.03. The highest BCUT2D eigenvalue weighted by Gasteiger charge is 2.22. The minimum absolute atomic E-state index is 0.198. The van der Waals surface area contributed by atoms with Crippen molar-refractivity contribution in [3.63, 3.8) is 0 Å². The maximum absolute atomic E-state index is 12.7. The van der Waals surface area contributed by atoms with Crippen molar-refractivity contribution in [2.75, 3.05) is 28.4 Å². The van der Waals surface area contributed by atoms with Gasteiger partial charge in [-0.1, -0.05) is 12.1 Å². The first kappa shape index (κ1) is 17.6. The van der Waals surface area contributed by atoms with Gasteiger partial charge in [-0.2, -0.15) is 4.98 Å². The van der Waals surface area contributed by atoms with E-state index in [1.54, 1.807) is 19.2 Å². The molecule has 0 bridgehead atoms. The number of amides is 1. The van der Waals surface area contributed by atoms with Crippen LogP contribution in [0.1, 0.15) is 29.0 Å². The molecular weight excluding hydrogens is 314 g/mol. The van der Waals surface area contributed by atoms with Crippen LogP contribution in [0.4, 0.5) is 0 Å². The number of hydrogen-bond donors (Lipinski definition) is 0. The van der Waals surface area contributed by atoms with Gasteiger partial charge in [-0.25, -0.2) is 0 Å². The van der Waals surface area contributed by atoms with Gasteiger partial charge >= 0.3 is 0 Å². The van der Waals surface area contributed by atoms with Gasteiger partial charge in [-0.3, -0.25) is 4.79 Å². The Labute approximate surface area is 140 Å². The molecule has 130 valence electrons. The van der Waals surface area contributed by atoms with Crippen molar-refractivity contribution in [3.05, 3.63) is 29.4 Å². The van der Waals surface area contributed by atoms with Gasteiger partial charge in [0.2, 0.25) is 5.89 Å². The summed E-state index contributed by atoms with van der Waals surface area (Å²) in [7, 11) is 6.16. The summed E-state index contributed by atoms with van der Waals surface area (Å²) in [5.74, 6) is 2.05. The Morgan fingerprint density at radius 1 is 1.12 bits per heavy atom. The van der Waals surface area contributed by atoms with Crippen molar-refractivity contribution >= 4 is 5.91 Å². The van der Waals surface area contributed by atoms with Crippen LogP contribution in [0, 0.1) is 0 Å². The molecule has 0 saturated carbocycles. The number of hydrogen-bond acceptors (Lipinski definition) is 7. The largest absolute Gasteiger partial charge is 0.496 e. The summed E-state index contributed by atoms with van der Waals surface area (Å²) < 4.78 is 20.9. The smallest absolute Gasteiger partial charge is 0.257 e. The predicted octanol–water partition coefficient (Wildman–Crippen LogP) is 1.93. The van der Waals surface area contributed by atoms with Crippen LogP contribution < -0.4 is 14.2 Å². The van der Waals surface area contributed by atoms with Gasteiger partial charge in [0.15, 0.2) is 17.3 Å². The lowest BCUT2D eigenvalue weighted by atomic mass is 10.1. The van der Waals surface area contributed by atoms with Crippen molar-refractivity contribution in [3.8, 4) is 17.2 Å². The number of carbonyl (C=O) groups is 1. The van der Waals surface area contributed by atoms with E-state index in [0.29, 0.717) is 40.9 Å². The number of rotatable bonds is 7. The molecule has 1 heterocycles. The van der Waals surface area contributed by atoms with Crippen LogP contribution in [0.25, 0.3) is 0 Å². The van der Waals surface area contributed by atoms with Crippen LogP contribution in [0.5, 0.6) is 17.2 Å². The SMILES string of the molecule is CCc1noc(CN(C)C(=O)c2cc(OC)c(OC)cc2OC)n1. The Morgan fingerprint density at radius 2 is 1.75 bits per heavy atom. The van der Waals surface area contributed by atoms with Crippen LogP contribution in [0.3, 0.4) is 0 Å². The Hall–Kier alpha value is -2.77. The third-order valence-electron chi connectivity index (χ3n) is 3.48. The van der Waals surface area contributed by atoms with Gasteiger partial charge in [-0.15, -0.1) is 0 Å². The van der Waals surface area contributed by atoms with Crippen molar-refractivity contribution in [1.29, 1.82) is 0 Å². The highest BCUT2D eigenvalue weighted by molar-refractivity contribution is 5.97. The van der Waals surface area contributed by atoms with Crippen LogP contribution in [0.2, 0.25) is 0 Å². The summed E-state index contributed by atoms with van der Waals surface area (Å²) >= 11 is 0. The third kappa shape index (κ3) is 3.58. The number of nitrogens with zero attached hydrogens (tertiary/aromatic N) is 3. The van der Waals surface area contributed by atoms with Crippen molar-refractivity contribution < 1.29 is 23.5 Å². The van der Waals surface area contributed by atoms with Gasteiger partial charge < -0.3 is 23.6 Å². The monoisotopic (exact) mass is 335 g/mol. The molecule has 2 rings (SSSR count). The maximum Gasteiger partial charge on any atom is 0.257 e. The lowest BCUT2D eigenvalue weighted by molar-refractivity contribution is 0.0765. The molecule has 2 aromatic rings. The molecule has 0 aliphatic heterocycles. The van der Waals surface area contributed by atoms with Gasteiger partial charge in [0.05, 0.1) is 33.4 Å². The summed E-state index contributed by atoms with van der Waals surface area (Å²) in [4.78, 5) is 18.4. The minimum atomic E-state index is -0.260. The number of aromatic nitrogens is 2. The first-order chi connectivity index (χ1) is 11.5. The molecule has 0 N–H and O–H groups in total. The molecule has 0 spiro atoms. The van der Waals surface area contributed by atoms with Crippen molar-refractivity contribution in [2.24, 2.45) is 0 Å². The first-order valence-corrected chi connectivity index (χ1v) is 7.40. The van der Waals surface area contributed by atoms with E-state index >= 15 is 0 Å². The number of benzene rings is 1. The number of methoxy groups -OCH3 is 3. The Bertz CT molecular complexity index is 714. The van der Waals surface area contributed by atoms with Gasteiger partial charge in [0.25, 0.3) is 5.91 Å². The number of aryl methyl sites for hydroxylation is 1. The minimum Gasteiger partial charge on any atom is -0.496 e. The Balaban J connectivity index is 2.26. The van der Waals surface area contributed by atoms with E-state index < -0.39 is 0 Å². The highest BCUT2D eigenvalue weighted by atomic mass is 16.5. The number of carbonyl (C=O) groups excluding carboxylic acids is 1. The molecule has 0 aliphatic rings. The molecule has 0 saturated heterocycles. The quantitative estimate of drug-likeness (QED) is 0.764. The van der Waals surface area contributed by atoms with E-state index in [1.807, 2.05) is 6.92 Å². The average Bonchev–Trinajstić information content (AvgIpc) is 3.07. The van der Waals surface area contributed by atoms with Gasteiger partial charge in [0, 0.05) is 25.6 Å². The zero-order chi connectivity index (χ0) is 17.7. The Kier molecular flexibility index (Phi) is 5.62. The van der Waals surface area contributed by atoms with Crippen LogP contribution in [0.15, 0.2) is 16.7 Å². The van der Waals surface area contributed by atoms with Crippen LogP contribution in [-0.4, -0.2) is 49.3 Å². The van der Waals surface area contributed by atoms with E-state index in [4.69, 9.17) is 18.7 Å². The third-order valence-corrected chi connectivity index (χ3v) is 3.48. The lowest BCUT2D eigenvalue weighted by Gasteiger charge is -2.18. The topological polar surface area (TPSA) is 86.9 Å². The number of ether oxygens (including phenoxy) is 3. The summed E-state index contributed by atoms with van der Waals surface area (Å²) in [5.41, 5.74) is 0.355. The second-order valence-corrected chi connectivity index (χ2v) is 5.03. The Morgan fingerprint density at radius 3 is 2.29 bits per heavy atom. The summed E-state index contributed by atoms with van der Waals surface area (Å²) in [6.07, 6.45) is 0.671. The summed E-state index contributed by atoms with van der Waals surface area (Å²) in [5, 5.41) is 3.82. The van der Waals surface area contributed by atoms with E-state index in [-0.39, 0.29) is 12.5 Å². The molecule has 8 heteroatoms. The molecular formula is C16H21N3O5. The molecule has 24 heavy (non-hydrogen) atoms. The molecule has 8 nitrogen and oxygen atoms in total. The van der Waals surface area contributed by atoms with Gasteiger partial charge in [0.1, 0.15) is 5.75 Å². The highest BCUT2D eigenvalue weighted by Crippen LogP contribution is 2.35. The summed E-state index contributed by atoms with van der Waals surface area (Å²) in [6.45, 7) is 2.13.